The van der Waals surface area contributed by atoms with Crippen molar-refractivity contribution in [2.24, 2.45) is 17.8 Å². The van der Waals surface area contributed by atoms with E-state index in [1.165, 1.54) is 44.1 Å². The zero-order valence-electron chi connectivity index (χ0n) is 18.3. The lowest BCUT2D eigenvalue weighted by molar-refractivity contribution is -0.114. The molecule has 5 nitrogen and oxygen atoms in total. The van der Waals surface area contributed by atoms with Gasteiger partial charge in [-0.1, -0.05) is 29.8 Å². The fourth-order valence-electron chi connectivity index (χ4n) is 6.74. The van der Waals surface area contributed by atoms with Crippen molar-refractivity contribution < 1.29 is 13.2 Å². The van der Waals surface area contributed by atoms with Gasteiger partial charge in [-0.15, -0.1) is 0 Å². The summed E-state index contributed by atoms with van der Waals surface area (Å²) in [7, 11) is -3.62. The van der Waals surface area contributed by atoms with Gasteiger partial charge < -0.3 is 5.32 Å². The number of hydrogen-bond acceptors (Lipinski definition) is 3. The fraction of sp³-hybridized carbons (Fsp3) is 0.480. The third-order valence-electron chi connectivity index (χ3n) is 7.60. The van der Waals surface area contributed by atoms with E-state index in [0.717, 1.165) is 28.3 Å². The molecule has 4 aliphatic carbocycles. The molecule has 0 aliphatic heterocycles. The predicted octanol–water partition coefficient (Wildman–Crippen LogP) is 5.21. The van der Waals surface area contributed by atoms with Gasteiger partial charge >= 0.3 is 0 Å². The molecular formula is C25H29ClN2O3S. The molecule has 0 atom stereocenters. The monoisotopic (exact) mass is 472 g/mol. The number of carbonyl (C=O) groups excluding carboxylic acids is 1. The number of halogens is 1. The van der Waals surface area contributed by atoms with Crippen molar-refractivity contribution in [3.05, 3.63) is 59.1 Å². The summed E-state index contributed by atoms with van der Waals surface area (Å²) in [6, 6.07) is 14.7. The van der Waals surface area contributed by atoms with E-state index in [4.69, 9.17) is 11.6 Å². The van der Waals surface area contributed by atoms with Crippen molar-refractivity contribution in [1.29, 1.82) is 0 Å². The Labute approximate surface area is 195 Å². The normalized spacial score (nSPS) is 28.5. The summed E-state index contributed by atoms with van der Waals surface area (Å²) in [5.41, 5.74) is 2.64. The largest absolute Gasteiger partial charge is 0.324 e. The fourth-order valence-corrected chi connectivity index (χ4v) is 7.79. The number of amides is 1. The average Bonchev–Trinajstić information content (AvgIpc) is 2.70. The van der Waals surface area contributed by atoms with Crippen molar-refractivity contribution in [1.82, 2.24) is 0 Å². The molecule has 4 aliphatic rings. The highest BCUT2D eigenvalue weighted by atomic mass is 35.5. The summed E-state index contributed by atoms with van der Waals surface area (Å²) in [6.45, 7) is -0.290. The van der Waals surface area contributed by atoms with Crippen LogP contribution in [-0.4, -0.2) is 27.1 Å². The Morgan fingerprint density at radius 3 is 2.16 bits per heavy atom. The quantitative estimate of drug-likeness (QED) is 0.627. The van der Waals surface area contributed by atoms with Crippen LogP contribution < -0.4 is 9.62 Å². The van der Waals surface area contributed by atoms with Gasteiger partial charge in [0.15, 0.2) is 0 Å². The SMILES string of the molecule is CS(=O)(=O)N(CC(=O)Nc1cccc(Cl)c1)c1ccc(C23CC4CC(CC(C4)C2)C3)cc1. The number of sulfonamides is 1. The number of hydrogen-bond donors (Lipinski definition) is 1. The van der Waals surface area contributed by atoms with Gasteiger partial charge in [0.05, 0.1) is 11.9 Å². The van der Waals surface area contributed by atoms with Crippen LogP contribution in [-0.2, 0) is 20.2 Å². The summed E-state index contributed by atoms with van der Waals surface area (Å²) in [4.78, 5) is 12.6. The van der Waals surface area contributed by atoms with Crippen molar-refractivity contribution in [2.45, 2.75) is 43.9 Å². The maximum absolute atomic E-state index is 12.6. The highest BCUT2D eigenvalue weighted by Crippen LogP contribution is 2.60. The van der Waals surface area contributed by atoms with Crippen LogP contribution in [0, 0.1) is 17.8 Å². The standard InChI is InChI=1S/C25H29ClN2O3S/c1-32(30,31)28(16-24(29)27-22-4-2-3-21(26)12-22)23-7-5-20(6-8-23)25-13-17-9-18(14-25)11-19(10-17)15-25/h2-8,12,17-19H,9-11,13-16H2,1H3,(H,27,29). The van der Waals surface area contributed by atoms with E-state index in [2.05, 4.69) is 17.4 Å². The Balaban J connectivity index is 1.35. The van der Waals surface area contributed by atoms with Crippen LogP contribution in [0.5, 0.6) is 0 Å². The molecule has 1 N–H and O–H groups in total. The van der Waals surface area contributed by atoms with E-state index in [1.54, 1.807) is 24.3 Å². The van der Waals surface area contributed by atoms with Crippen molar-refractivity contribution in [3.63, 3.8) is 0 Å². The van der Waals surface area contributed by atoms with Gasteiger partial charge in [-0.3, -0.25) is 9.10 Å². The summed E-state index contributed by atoms with van der Waals surface area (Å²) in [6.07, 6.45) is 9.08. The van der Waals surface area contributed by atoms with Crippen molar-refractivity contribution >= 4 is 38.9 Å². The third-order valence-corrected chi connectivity index (χ3v) is 8.98. The summed E-state index contributed by atoms with van der Waals surface area (Å²) < 4.78 is 26.2. The number of benzene rings is 2. The van der Waals surface area contributed by atoms with Crippen LogP contribution in [0.2, 0.25) is 5.02 Å². The molecule has 1 amide bonds. The highest BCUT2D eigenvalue weighted by molar-refractivity contribution is 7.92. The van der Waals surface area contributed by atoms with E-state index in [1.807, 2.05) is 12.1 Å². The van der Waals surface area contributed by atoms with E-state index in [9.17, 15) is 13.2 Å². The smallest absolute Gasteiger partial charge is 0.245 e. The molecule has 0 spiro atoms. The number of nitrogens with one attached hydrogen (secondary N) is 1. The van der Waals surface area contributed by atoms with Gasteiger partial charge in [0.25, 0.3) is 0 Å². The minimum absolute atomic E-state index is 0.257. The summed E-state index contributed by atoms with van der Waals surface area (Å²) in [5.74, 6) is 2.14. The van der Waals surface area contributed by atoms with Gasteiger partial charge in [0, 0.05) is 10.7 Å². The Kier molecular flexibility index (Phi) is 5.49. The predicted molar refractivity (Wildman–Crippen MR) is 129 cm³/mol. The first kappa shape index (κ1) is 21.8. The molecule has 0 unspecified atom stereocenters. The maximum atomic E-state index is 12.6. The van der Waals surface area contributed by atoms with Gasteiger partial charge in [0.1, 0.15) is 6.54 Å². The lowest BCUT2D eigenvalue weighted by Crippen LogP contribution is -2.48. The minimum atomic E-state index is -3.62. The second-order valence-electron chi connectivity index (χ2n) is 10.1. The first-order chi connectivity index (χ1) is 15.2. The number of nitrogens with zero attached hydrogens (tertiary/aromatic N) is 1. The third kappa shape index (κ3) is 4.27. The van der Waals surface area contributed by atoms with Crippen LogP contribution in [0.3, 0.4) is 0 Å². The zero-order chi connectivity index (χ0) is 22.5. The number of rotatable bonds is 6. The number of carbonyl (C=O) groups is 1. The van der Waals surface area contributed by atoms with Crippen LogP contribution >= 0.6 is 11.6 Å². The molecule has 2 aromatic carbocycles. The maximum Gasteiger partial charge on any atom is 0.245 e. The molecule has 2 aromatic rings. The van der Waals surface area contributed by atoms with E-state index in [0.29, 0.717) is 16.4 Å². The Morgan fingerprint density at radius 1 is 1.03 bits per heavy atom. The van der Waals surface area contributed by atoms with E-state index < -0.39 is 15.9 Å². The first-order valence-electron chi connectivity index (χ1n) is 11.3. The highest BCUT2D eigenvalue weighted by Gasteiger charge is 2.51. The molecule has 7 heteroatoms. The zero-order valence-corrected chi connectivity index (χ0v) is 19.8. The minimum Gasteiger partial charge on any atom is -0.324 e. The molecular weight excluding hydrogens is 444 g/mol. The average molecular weight is 473 g/mol. The lowest BCUT2D eigenvalue weighted by Gasteiger charge is -2.57. The number of anilines is 2. The molecule has 32 heavy (non-hydrogen) atoms. The second-order valence-corrected chi connectivity index (χ2v) is 12.4. The lowest BCUT2D eigenvalue weighted by atomic mass is 9.48. The molecule has 170 valence electrons. The molecule has 0 heterocycles. The molecule has 4 fully saturated rings. The molecule has 0 radical (unpaired) electrons. The van der Waals surface area contributed by atoms with Crippen LogP contribution in [0.15, 0.2) is 48.5 Å². The van der Waals surface area contributed by atoms with Crippen LogP contribution in [0.25, 0.3) is 0 Å². The molecule has 4 saturated carbocycles. The van der Waals surface area contributed by atoms with Gasteiger partial charge in [-0.25, -0.2) is 8.42 Å². The Morgan fingerprint density at radius 2 is 1.62 bits per heavy atom. The van der Waals surface area contributed by atoms with Gasteiger partial charge in [0.2, 0.25) is 15.9 Å². The van der Waals surface area contributed by atoms with Crippen molar-refractivity contribution in [2.75, 3.05) is 22.4 Å². The Hall–Kier alpha value is -2.05. The Bertz CT molecular complexity index is 1090. The second kappa shape index (κ2) is 8.07. The summed E-state index contributed by atoms with van der Waals surface area (Å²) >= 11 is 5.97. The summed E-state index contributed by atoms with van der Waals surface area (Å²) in [5, 5.41) is 3.23. The van der Waals surface area contributed by atoms with Crippen molar-refractivity contribution in [3.8, 4) is 0 Å². The first-order valence-corrected chi connectivity index (χ1v) is 13.6. The molecule has 6 rings (SSSR count). The van der Waals surface area contributed by atoms with Crippen LogP contribution in [0.1, 0.15) is 44.1 Å². The van der Waals surface area contributed by atoms with E-state index >= 15 is 0 Å². The van der Waals surface area contributed by atoms with Gasteiger partial charge in [-0.05, 0) is 97.6 Å². The van der Waals surface area contributed by atoms with Crippen LogP contribution in [0.4, 0.5) is 11.4 Å². The van der Waals surface area contributed by atoms with E-state index in [-0.39, 0.29) is 12.0 Å². The topological polar surface area (TPSA) is 66.5 Å². The molecule has 0 aromatic heterocycles. The molecule has 4 bridgehead atoms. The molecule has 0 saturated heterocycles. The van der Waals surface area contributed by atoms with Gasteiger partial charge in [-0.2, -0.15) is 0 Å².